The van der Waals surface area contributed by atoms with Gasteiger partial charge in [-0.15, -0.1) is 0 Å². The van der Waals surface area contributed by atoms with Gasteiger partial charge in [0, 0.05) is 12.5 Å². The third kappa shape index (κ3) is 1.59. The van der Waals surface area contributed by atoms with Gasteiger partial charge in [-0.1, -0.05) is 6.08 Å². The maximum Gasteiger partial charge on any atom is 0.287 e. The molecule has 0 aromatic carbocycles. The first kappa shape index (κ1) is 6.39. The Balaban J connectivity index is 2.78. The zero-order valence-corrected chi connectivity index (χ0v) is 4.57. The normalized spacial score (nSPS) is 23.7. The van der Waals surface area contributed by atoms with Gasteiger partial charge < -0.3 is 0 Å². The van der Waals surface area contributed by atoms with E-state index in [1.54, 1.807) is 0 Å². The Labute approximate surface area is 50.7 Å². The molecular formula is C6H5F3. The minimum atomic E-state index is -3.07. The lowest BCUT2D eigenvalue weighted by Gasteiger charge is -2.09. The van der Waals surface area contributed by atoms with Crippen molar-refractivity contribution in [2.24, 2.45) is 0 Å². The van der Waals surface area contributed by atoms with Gasteiger partial charge in [-0.05, 0) is 6.08 Å². The smallest absolute Gasteiger partial charge is 0.212 e. The highest BCUT2D eigenvalue weighted by atomic mass is 19.3. The lowest BCUT2D eigenvalue weighted by molar-refractivity contribution is 0.106. The Morgan fingerprint density at radius 2 is 2.11 bits per heavy atom. The highest BCUT2D eigenvalue weighted by Gasteiger charge is 2.24. The molecule has 1 aliphatic rings. The molecule has 0 aromatic rings. The fourth-order valence-corrected chi connectivity index (χ4v) is 0.644. The van der Waals surface area contributed by atoms with Gasteiger partial charge in [0.25, 0.3) is 5.92 Å². The number of hydrogen-bond acceptors (Lipinski definition) is 0. The second kappa shape index (κ2) is 1.90. The van der Waals surface area contributed by atoms with Crippen molar-refractivity contribution in [2.75, 3.05) is 0 Å². The van der Waals surface area contributed by atoms with E-state index in [2.05, 4.69) is 0 Å². The van der Waals surface area contributed by atoms with E-state index in [0.29, 0.717) is 12.2 Å². The Hall–Kier alpha value is -0.730. The van der Waals surface area contributed by atoms with E-state index < -0.39 is 11.7 Å². The van der Waals surface area contributed by atoms with E-state index in [1.165, 1.54) is 0 Å². The van der Waals surface area contributed by atoms with Crippen LogP contribution in [0.5, 0.6) is 0 Å². The highest BCUT2D eigenvalue weighted by molar-refractivity contribution is 5.18. The van der Waals surface area contributed by atoms with Gasteiger partial charge in [-0.25, -0.2) is 4.39 Å². The summed E-state index contributed by atoms with van der Waals surface area (Å²) in [5.41, 5.74) is 0. The van der Waals surface area contributed by atoms with Crippen LogP contribution < -0.4 is 0 Å². The topological polar surface area (TPSA) is 0 Å². The Bertz CT molecular complexity index is 167. The molecule has 1 rings (SSSR count). The van der Waals surface area contributed by atoms with Crippen LogP contribution in [-0.2, 0) is 0 Å². The second-order valence-electron chi connectivity index (χ2n) is 1.87. The van der Waals surface area contributed by atoms with Crippen molar-refractivity contribution in [1.29, 1.82) is 0 Å². The van der Waals surface area contributed by atoms with Crippen LogP contribution in [0.2, 0.25) is 0 Å². The molecule has 0 heterocycles. The first-order chi connectivity index (χ1) is 4.10. The van der Waals surface area contributed by atoms with Crippen LogP contribution in [0.4, 0.5) is 13.2 Å². The summed E-state index contributed by atoms with van der Waals surface area (Å²) in [5.74, 6) is -3.83. The molecule has 50 valence electrons. The molecule has 9 heavy (non-hydrogen) atoms. The van der Waals surface area contributed by atoms with Crippen LogP contribution in [0.15, 0.2) is 24.1 Å². The fourth-order valence-electron chi connectivity index (χ4n) is 0.644. The molecule has 0 saturated carbocycles. The van der Waals surface area contributed by atoms with E-state index in [0.717, 1.165) is 6.08 Å². The summed E-state index contributed by atoms with van der Waals surface area (Å²) in [5, 5.41) is 0. The van der Waals surface area contributed by atoms with E-state index >= 15 is 0 Å². The van der Waals surface area contributed by atoms with Gasteiger partial charge in [0.05, 0.1) is 0 Å². The molecule has 0 unspecified atom stereocenters. The standard InChI is InChI=1S/C6H5F3/c7-5-2-1-3-6(8,9)4-5/h1,3-4H,2H2. The third-order valence-corrected chi connectivity index (χ3v) is 1.00. The van der Waals surface area contributed by atoms with Gasteiger partial charge in [-0.3, -0.25) is 0 Å². The summed E-state index contributed by atoms with van der Waals surface area (Å²) in [6.45, 7) is 0. The monoisotopic (exact) mass is 134 g/mol. The van der Waals surface area contributed by atoms with Crippen molar-refractivity contribution in [3.8, 4) is 0 Å². The molecular weight excluding hydrogens is 129 g/mol. The molecule has 0 fully saturated rings. The molecule has 0 bridgehead atoms. The zero-order valence-electron chi connectivity index (χ0n) is 4.57. The third-order valence-electron chi connectivity index (χ3n) is 1.00. The summed E-state index contributed by atoms with van der Waals surface area (Å²) in [6.07, 6.45) is 2.13. The van der Waals surface area contributed by atoms with Crippen LogP contribution >= 0.6 is 0 Å². The molecule has 0 radical (unpaired) electrons. The minimum Gasteiger partial charge on any atom is -0.212 e. The summed E-state index contributed by atoms with van der Waals surface area (Å²) in [7, 11) is 0. The predicted molar refractivity (Wildman–Crippen MR) is 27.9 cm³/mol. The van der Waals surface area contributed by atoms with Crippen molar-refractivity contribution in [3.63, 3.8) is 0 Å². The molecule has 0 amide bonds. The Morgan fingerprint density at radius 1 is 1.44 bits per heavy atom. The average Bonchev–Trinajstić information content (AvgIpc) is 1.60. The Morgan fingerprint density at radius 3 is 2.44 bits per heavy atom. The molecule has 0 N–H and O–H groups in total. The summed E-state index contributed by atoms with van der Waals surface area (Å²) < 4.78 is 36.1. The fraction of sp³-hybridized carbons (Fsp3) is 0.333. The minimum absolute atomic E-state index is 0.00438. The highest BCUT2D eigenvalue weighted by Crippen LogP contribution is 2.25. The first-order valence-corrected chi connectivity index (χ1v) is 2.53. The van der Waals surface area contributed by atoms with E-state index in [-0.39, 0.29) is 6.42 Å². The molecule has 1 aliphatic carbocycles. The van der Waals surface area contributed by atoms with Crippen molar-refractivity contribution >= 4 is 0 Å². The number of hydrogen-bond donors (Lipinski definition) is 0. The van der Waals surface area contributed by atoms with E-state index in [1.807, 2.05) is 0 Å². The van der Waals surface area contributed by atoms with Crippen LogP contribution in [0.1, 0.15) is 6.42 Å². The molecule has 0 atom stereocenters. The molecule has 0 aliphatic heterocycles. The second-order valence-corrected chi connectivity index (χ2v) is 1.87. The number of alkyl halides is 2. The van der Waals surface area contributed by atoms with Crippen LogP contribution in [0.25, 0.3) is 0 Å². The number of allylic oxidation sites excluding steroid dienone is 4. The van der Waals surface area contributed by atoms with Crippen LogP contribution in [0.3, 0.4) is 0 Å². The molecule has 0 aromatic heterocycles. The summed E-state index contributed by atoms with van der Waals surface area (Å²) in [6, 6.07) is 0. The van der Waals surface area contributed by atoms with Crippen LogP contribution in [-0.4, -0.2) is 5.92 Å². The van der Waals surface area contributed by atoms with Gasteiger partial charge in [0.2, 0.25) is 0 Å². The molecule has 0 saturated heterocycles. The maximum atomic E-state index is 12.1. The van der Waals surface area contributed by atoms with Crippen molar-refractivity contribution in [1.82, 2.24) is 0 Å². The van der Waals surface area contributed by atoms with Crippen molar-refractivity contribution in [2.45, 2.75) is 12.3 Å². The lowest BCUT2D eigenvalue weighted by Crippen LogP contribution is -2.10. The van der Waals surface area contributed by atoms with Crippen molar-refractivity contribution in [3.05, 3.63) is 24.1 Å². The van der Waals surface area contributed by atoms with E-state index in [9.17, 15) is 13.2 Å². The van der Waals surface area contributed by atoms with Gasteiger partial charge in [-0.2, -0.15) is 8.78 Å². The molecule has 0 nitrogen and oxygen atoms in total. The maximum absolute atomic E-state index is 12.1. The molecule has 3 heteroatoms. The van der Waals surface area contributed by atoms with Gasteiger partial charge >= 0.3 is 0 Å². The summed E-state index contributed by atoms with van der Waals surface area (Å²) in [4.78, 5) is 0. The largest absolute Gasteiger partial charge is 0.287 e. The lowest BCUT2D eigenvalue weighted by atomic mass is 10.1. The quantitative estimate of drug-likeness (QED) is 0.446. The molecule has 0 spiro atoms. The zero-order chi connectivity index (χ0) is 6.91. The van der Waals surface area contributed by atoms with E-state index in [4.69, 9.17) is 0 Å². The number of rotatable bonds is 0. The SMILES string of the molecule is FC1=CC(F)(F)C=CC1. The predicted octanol–water partition coefficient (Wildman–Crippen LogP) is 2.44. The van der Waals surface area contributed by atoms with Crippen molar-refractivity contribution < 1.29 is 13.2 Å². The average molecular weight is 134 g/mol. The first-order valence-electron chi connectivity index (χ1n) is 2.53. The van der Waals surface area contributed by atoms with Gasteiger partial charge in [0.15, 0.2) is 0 Å². The van der Waals surface area contributed by atoms with Crippen LogP contribution in [0, 0.1) is 0 Å². The Kier molecular flexibility index (Phi) is 1.35. The summed E-state index contributed by atoms with van der Waals surface area (Å²) >= 11 is 0. The van der Waals surface area contributed by atoms with Gasteiger partial charge in [0.1, 0.15) is 5.83 Å². The number of halogens is 3.